The molecule has 9 nitrogen and oxygen atoms in total. The van der Waals surface area contributed by atoms with Gasteiger partial charge in [-0.15, -0.1) is 0 Å². The van der Waals surface area contributed by atoms with Crippen LogP contribution in [-0.4, -0.2) is 59.1 Å². The van der Waals surface area contributed by atoms with Gasteiger partial charge in [0.1, 0.15) is 17.0 Å². The second kappa shape index (κ2) is 10.4. The summed E-state index contributed by atoms with van der Waals surface area (Å²) in [5, 5.41) is 12.1. The average Bonchev–Trinajstić information content (AvgIpc) is 3.51. The van der Waals surface area contributed by atoms with Gasteiger partial charge in [0, 0.05) is 16.7 Å². The second-order valence-corrected chi connectivity index (χ2v) is 10.6. The number of nitrogens with zero attached hydrogens (tertiary/aromatic N) is 4. The quantitative estimate of drug-likeness (QED) is 0.431. The van der Waals surface area contributed by atoms with Crippen LogP contribution in [0.2, 0.25) is 0 Å². The first-order chi connectivity index (χ1) is 19.4. The van der Waals surface area contributed by atoms with Gasteiger partial charge < -0.3 is 14.5 Å². The molecule has 0 aliphatic carbocycles. The first-order valence-electron chi connectivity index (χ1n) is 12.9. The Kier molecular flexibility index (Phi) is 7.07. The number of carbonyl (C=O) groups is 2. The number of fused-ring (bicyclic) bond motifs is 1. The van der Waals surface area contributed by atoms with E-state index in [1.165, 1.54) is 0 Å². The zero-order chi connectivity index (χ0) is 29.5. The molecule has 2 atom stereocenters. The largest absolute Gasteiger partial charge is 0.439 e. The molecule has 3 heterocycles. The molecular weight excluding hydrogens is 539 g/mol. The summed E-state index contributed by atoms with van der Waals surface area (Å²) in [7, 11) is 0. The third kappa shape index (κ3) is 5.66. The zero-order valence-electron chi connectivity index (χ0n) is 22.5. The maximum atomic E-state index is 12.9. The monoisotopic (exact) mass is 565 g/mol. The molecule has 2 unspecified atom stereocenters. The van der Waals surface area contributed by atoms with E-state index in [0.29, 0.717) is 33.7 Å². The van der Waals surface area contributed by atoms with Crippen LogP contribution >= 0.6 is 0 Å². The second-order valence-electron chi connectivity index (χ2n) is 10.6. The Morgan fingerprint density at radius 2 is 2.00 bits per heavy atom. The summed E-state index contributed by atoms with van der Waals surface area (Å²) in [5.41, 5.74) is 2.45. The van der Waals surface area contributed by atoms with Crippen LogP contribution in [0, 0.1) is 17.2 Å². The Hall–Kier alpha value is -4.66. The molecule has 1 N–H and O–H groups in total. The number of carbonyl (C=O) groups excluding carboxylic acids is 2. The fraction of sp³-hybridized carbons (Fsp3) is 0.345. The lowest BCUT2D eigenvalue weighted by Crippen LogP contribution is -2.44. The summed E-state index contributed by atoms with van der Waals surface area (Å²) in [5.74, 6) is -1.54. The van der Waals surface area contributed by atoms with Gasteiger partial charge in [-0.2, -0.15) is 18.4 Å². The molecule has 41 heavy (non-hydrogen) atoms. The number of aromatic nitrogens is 1. The van der Waals surface area contributed by atoms with Gasteiger partial charge >= 0.3 is 12.3 Å². The molecule has 3 aromatic rings. The van der Waals surface area contributed by atoms with Gasteiger partial charge in [-0.25, -0.2) is 9.78 Å². The van der Waals surface area contributed by atoms with Crippen LogP contribution in [0.4, 0.5) is 18.0 Å². The highest BCUT2D eigenvalue weighted by Gasteiger charge is 2.45. The van der Waals surface area contributed by atoms with E-state index in [-0.39, 0.29) is 24.8 Å². The van der Waals surface area contributed by atoms with Crippen molar-refractivity contribution >= 4 is 28.9 Å². The highest BCUT2D eigenvalue weighted by Crippen LogP contribution is 2.32. The van der Waals surface area contributed by atoms with Crippen molar-refractivity contribution in [2.75, 3.05) is 19.6 Å². The van der Waals surface area contributed by atoms with Crippen LogP contribution < -0.4 is 5.32 Å². The number of ether oxygens (including phenoxy) is 1. The lowest BCUT2D eigenvalue weighted by molar-refractivity contribution is -0.158. The van der Waals surface area contributed by atoms with Gasteiger partial charge in [-0.05, 0) is 55.3 Å². The highest BCUT2D eigenvalue weighted by molar-refractivity contribution is 6.04. The van der Waals surface area contributed by atoms with E-state index in [0.717, 1.165) is 22.6 Å². The smallest absolute Gasteiger partial charge is 0.416 e. The molecule has 5 rings (SSSR count). The number of hydrogen-bond acceptors (Lipinski definition) is 7. The summed E-state index contributed by atoms with van der Waals surface area (Å²) < 4.78 is 50.2. The van der Waals surface area contributed by atoms with E-state index < -0.39 is 36.2 Å². The van der Waals surface area contributed by atoms with Crippen LogP contribution in [0.1, 0.15) is 48.2 Å². The number of aliphatic imine (C=N–C) groups is 1. The number of benzene rings is 2. The number of amidine groups is 1. The van der Waals surface area contributed by atoms with Gasteiger partial charge in [-0.1, -0.05) is 19.9 Å². The molecular formula is C29H26F3N5O4. The van der Waals surface area contributed by atoms with E-state index >= 15 is 0 Å². The number of alkyl halides is 3. The molecule has 0 bridgehead atoms. The van der Waals surface area contributed by atoms with Crippen molar-refractivity contribution in [2.45, 2.75) is 38.5 Å². The SMILES string of the molecule is CC(C)c1cc(C#N)cc2nc(-c3ccc(C(=O)NCC4(C)CN(C5=NCC(C(F)(F)F)C=C5)C(=O)O4)cc3)oc12. The molecule has 1 aromatic heterocycles. The van der Waals surface area contributed by atoms with Crippen LogP contribution in [0.25, 0.3) is 22.6 Å². The van der Waals surface area contributed by atoms with Crippen molar-refractivity contribution in [3.8, 4) is 17.5 Å². The number of nitrogens with one attached hydrogen (secondary N) is 1. The molecule has 0 saturated carbocycles. The molecule has 1 fully saturated rings. The third-order valence-electron chi connectivity index (χ3n) is 6.96. The lowest BCUT2D eigenvalue weighted by Gasteiger charge is -2.23. The van der Waals surface area contributed by atoms with E-state index in [1.807, 2.05) is 13.8 Å². The molecule has 2 aliphatic rings. The van der Waals surface area contributed by atoms with Crippen LogP contribution in [0.3, 0.4) is 0 Å². The van der Waals surface area contributed by atoms with Gasteiger partial charge in [0.15, 0.2) is 5.58 Å². The van der Waals surface area contributed by atoms with Crippen molar-refractivity contribution in [1.82, 2.24) is 15.2 Å². The van der Waals surface area contributed by atoms with Crippen LogP contribution in [0.5, 0.6) is 0 Å². The summed E-state index contributed by atoms with van der Waals surface area (Å²) in [6.07, 6.45) is -3.02. The Morgan fingerprint density at radius 1 is 1.27 bits per heavy atom. The zero-order valence-corrected chi connectivity index (χ0v) is 22.5. The number of nitriles is 1. The van der Waals surface area contributed by atoms with Crippen molar-refractivity contribution in [3.05, 3.63) is 65.2 Å². The number of halogens is 3. The normalized spacial score (nSPS) is 20.7. The summed E-state index contributed by atoms with van der Waals surface area (Å²) in [6, 6.07) is 12.2. The van der Waals surface area contributed by atoms with Crippen molar-refractivity contribution in [2.24, 2.45) is 10.9 Å². The third-order valence-corrected chi connectivity index (χ3v) is 6.96. The Labute approximate surface area is 233 Å². The van der Waals surface area contributed by atoms with E-state index in [1.54, 1.807) is 43.3 Å². The molecule has 0 spiro atoms. The van der Waals surface area contributed by atoms with E-state index in [4.69, 9.17) is 9.15 Å². The van der Waals surface area contributed by atoms with Gasteiger partial charge in [0.2, 0.25) is 5.89 Å². The summed E-state index contributed by atoms with van der Waals surface area (Å²) >= 11 is 0. The first kappa shape index (κ1) is 27.9. The fourth-order valence-electron chi connectivity index (χ4n) is 4.67. The average molecular weight is 566 g/mol. The Morgan fingerprint density at radius 3 is 2.61 bits per heavy atom. The molecule has 12 heteroatoms. The molecule has 1 saturated heterocycles. The van der Waals surface area contributed by atoms with Crippen molar-refractivity contribution in [3.63, 3.8) is 0 Å². The first-order valence-corrected chi connectivity index (χ1v) is 12.9. The van der Waals surface area contributed by atoms with E-state index in [2.05, 4.69) is 21.4 Å². The Balaban J connectivity index is 1.23. The van der Waals surface area contributed by atoms with E-state index in [9.17, 15) is 28.0 Å². The molecule has 0 radical (unpaired) electrons. The minimum atomic E-state index is -4.41. The number of dihydropyridines is 1. The minimum absolute atomic E-state index is 0.00844. The molecule has 2 amide bonds. The van der Waals surface area contributed by atoms with Gasteiger partial charge in [0.05, 0.1) is 37.2 Å². The number of cyclic esters (lactones) is 1. The maximum absolute atomic E-state index is 12.9. The predicted molar refractivity (Wildman–Crippen MR) is 143 cm³/mol. The Bertz CT molecular complexity index is 1620. The predicted octanol–water partition coefficient (Wildman–Crippen LogP) is 5.58. The van der Waals surface area contributed by atoms with Crippen molar-refractivity contribution in [1.29, 1.82) is 5.26 Å². The topological polar surface area (TPSA) is 121 Å². The molecule has 2 aromatic carbocycles. The van der Waals surface area contributed by atoms with Crippen LogP contribution in [-0.2, 0) is 4.74 Å². The maximum Gasteiger partial charge on any atom is 0.416 e. The number of amides is 2. The lowest BCUT2D eigenvalue weighted by atomic mass is 10.00. The highest BCUT2D eigenvalue weighted by atomic mass is 19.4. The summed E-state index contributed by atoms with van der Waals surface area (Å²) in [4.78, 5) is 34.9. The minimum Gasteiger partial charge on any atom is -0.439 e. The van der Waals surface area contributed by atoms with Crippen LogP contribution in [0.15, 0.2) is 58.0 Å². The number of oxazole rings is 1. The van der Waals surface area contributed by atoms with Crippen molar-refractivity contribution < 1.29 is 31.9 Å². The van der Waals surface area contributed by atoms with Gasteiger partial charge in [0.25, 0.3) is 5.91 Å². The standard InChI is InChI=1S/C29H26F3N5O4/c1-16(2)21-10-17(12-33)11-22-24(21)40-26(36-22)19-6-4-18(5-7-19)25(38)35-14-28(3)15-37(27(39)41-28)23-9-8-20(13-34-23)29(30,31)32/h4-11,16,20H,13-15H2,1-3H3,(H,35,38). The molecule has 2 aliphatic heterocycles. The fourth-order valence-corrected chi connectivity index (χ4v) is 4.67. The number of rotatable bonds is 5. The molecule has 212 valence electrons. The number of hydrogen-bond donors (Lipinski definition) is 1. The summed E-state index contributed by atoms with van der Waals surface area (Å²) in [6.45, 7) is 5.10. The van der Waals surface area contributed by atoms with Gasteiger partial charge in [-0.3, -0.25) is 14.7 Å².